The third-order valence-electron chi connectivity index (χ3n) is 12.9. The summed E-state index contributed by atoms with van der Waals surface area (Å²) in [6.45, 7) is 12.3. The van der Waals surface area contributed by atoms with Crippen LogP contribution in [0.2, 0.25) is 0 Å². The van der Waals surface area contributed by atoms with Gasteiger partial charge >= 0.3 is 11.9 Å². The van der Waals surface area contributed by atoms with Crippen LogP contribution in [0.4, 0.5) is 0 Å². The average molecular weight is 552 g/mol. The standard InChI is InChI=1S/C34H49NO5/c1-19(10-13-29(36)37)26-11-12-27-30-20(2)16-22-18-23(35-31(38)24-8-6-7-9-25(24)32(39)40)14-15-33(22,4)28(30)17-21(3)34(26,27)5/h6-9,19-23,26-28,30H,10-18H2,1-5H3,(H,35,38)(H,36,37)(H,39,40)/t19?,20?,21-,22?,23?,26+,27?,28?,30?,33-,34+/m0/s1. The fourth-order valence-electron chi connectivity index (χ4n) is 10.8. The molecule has 3 N–H and O–H groups in total. The van der Waals surface area contributed by atoms with Gasteiger partial charge in [-0.05, 0) is 122 Å². The van der Waals surface area contributed by atoms with Crippen LogP contribution in [0.15, 0.2) is 24.3 Å². The monoisotopic (exact) mass is 551 g/mol. The summed E-state index contributed by atoms with van der Waals surface area (Å²) in [5.74, 6) is 2.93. The first-order valence-electron chi connectivity index (χ1n) is 15.7. The summed E-state index contributed by atoms with van der Waals surface area (Å²) in [6, 6.07) is 6.56. The summed E-state index contributed by atoms with van der Waals surface area (Å²) < 4.78 is 0. The lowest BCUT2D eigenvalue weighted by Crippen LogP contribution is -2.59. The van der Waals surface area contributed by atoms with E-state index in [0.29, 0.717) is 47.3 Å². The van der Waals surface area contributed by atoms with Crippen molar-refractivity contribution in [3.63, 3.8) is 0 Å². The number of hydrogen-bond donors (Lipinski definition) is 3. The zero-order valence-electron chi connectivity index (χ0n) is 25.0. The van der Waals surface area contributed by atoms with Crippen LogP contribution in [0, 0.1) is 58.2 Å². The smallest absolute Gasteiger partial charge is 0.336 e. The lowest BCUT2D eigenvalue weighted by Gasteiger charge is -2.65. The van der Waals surface area contributed by atoms with Crippen LogP contribution in [0.1, 0.15) is 113 Å². The summed E-state index contributed by atoms with van der Waals surface area (Å²) in [6.07, 6.45) is 9.01. The molecule has 0 aromatic heterocycles. The average Bonchev–Trinajstić information content (AvgIpc) is 3.27. The molecule has 0 radical (unpaired) electrons. The van der Waals surface area contributed by atoms with Crippen LogP contribution >= 0.6 is 0 Å². The van der Waals surface area contributed by atoms with Crippen molar-refractivity contribution in [3.05, 3.63) is 35.4 Å². The minimum Gasteiger partial charge on any atom is -0.481 e. The van der Waals surface area contributed by atoms with Gasteiger partial charge in [0.15, 0.2) is 0 Å². The van der Waals surface area contributed by atoms with Gasteiger partial charge in [0.25, 0.3) is 5.91 Å². The zero-order chi connectivity index (χ0) is 29.0. The Morgan fingerprint density at radius 3 is 2.35 bits per heavy atom. The van der Waals surface area contributed by atoms with Crippen molar-refractivity contribution >= 4 is 17.8 Å². The number of carbonyl (C=O) groups is 3. The number of carbonyl (C=O) groups excluding carboxylic acids is 1. The maximum Gasteiger partial charge on any atom is 0.336 e. The first-order chi connectivity index (χ1) is 18.9. The second kappa shape index (κ2) is 10.8. The van der Waals surface area contributed by atoms with Crippen molar-refractivity contribution in [2.75, 3.05) is 0 Å². The largest absolute Gasteiger partial charge is 0.481 e. The Bertz CT molecular complexity index is 1150. The van der Waals surface area contributed by atoms with Crippen LogP contribution < -0.4 is 5.32 Å². The Morgan fingerprint density at radius 1 is 0.975 bits per heavy atom. The molecule has 0 aliphatic heterocycles. The Hall–Kier alpha value is -2.37. The number of carboxylic acid groups (broad SMARTS) is 2. The van der Waals surface area contributed by atoms with Crippen LogP contribution in [0.25, 0.3) is 0 Å². The quantitative estimate of drug-likeness (QED) is 0.334. The Labute approximate surface area is 239 Å². The fraction of sp³-hybridized carbons (Fsp3) is 0.735. The summed E-state index contributed by atoms with van der Waals surface area (Å²) in [5.41, 5.74) is 0.842. The van der Waals surface area contributed by atoms with E-state index in [1.807, 2.05) is 0 Å². The van der Waals surface area contributed by atoms with Crippen molar-refractivity contribution in [1.82, 2.24) is 5.32 Å². The van der Waals surface area contributed by atoms with Gasteiger partial charge in [-0.2, -0.15) is 0 Å². The molecule has 0 spiro atoms. The molecule has 4 aliphatic rings. The number of aromatic carboxylic acids is 1. The van der Waals surface area contributed by atoms with Crippen molar-refractivity contribution in [3.8, 4) is 0 Å². The topological polar surface area (TPSA) is 104 Å². The number of fused-ring (bicyclic) bond motifs is 5. The van der Waals surface area contributed by atoms with Crippen molar-refractivity contribution in [1.29, 1.82) is 0 Å². The normalized spacial score (nSPS) is 41.2. The highest BCUT2D eigenvalue weighted by Gasteiger charge is 2.64. The first kappa shape index (κ1) is 29.1. The number of aliphatic carboxylic acids is 1. The third kappa shape index (κ3) is 4.77. The third-order valence-corrected chi connectivity index (χ3v) is 12.9. The predicted octanol–water partition coefficient (Wildman–Crippen LogP) is 7.14. The number of amides is 1. The van der Waals surface area contributed by atoms with E-state index in [1.54, 1.807) is 18.2 Å². The van der Waals surface area contributed by atoms with Crippen molar-refractivity contribution in [2.45, 2.75) is 98.4 Å². The van der Waals surface area contributed by atoms with E-state index in [-0.39, 0.29) is 40.3 Å². The van der Waals surface area contributed by atoms with E-state index in [2.05, 4.69) is 39.9 Å². The van der Waals surface area contributed by atoms with E-state index in [1.165, 1.54) is 31.7 Å². The summed E-state index contributed by atoms with van der Waals surface area (Å²) >= 11 is 0. The molecule has 1 aromatic rings. The van der Waals surface area contributed by atoms with Gasteiger partial charge in [0.05, 0.1) is 11.1 Å². The zero-order valence-corrected chi connectivity index (χ0v) is 25.0. The molecule has 6 heteroatoms. The molecule has 1 amide bonds. The van der Waals surface area contributed by atoms with E-state index >= 15 is 0 Å². The lowest BCUT2D eigenvalue weighted by molar-refractivity contribution is -0.161. The number of benzene rings is 1. The SMILES string of the molecule is CC1CC2CC(NC(=O)c3ccccc3C(=O)O)CC[C@]2(C)C2C[C@H](C)[C@@]3(C)C(CC[C@@H]3C(C)CCC(=O)O)C12. The minimum absolute atomic E-state index is 0.0566. The van der Waals surface area contributed by atoms with Gasteiger partial charge in [-0.15, -0.1) is 0 Å². The van der Waals surface area contributed by atoms with E-state index in [0.717, 1.165) is 25.7 Å². The van der Waals surface area contributed by atoms with Gasteiger partial charge in [0.1, 0.15) is 0 Å². The molecule has 11 atom stereocenters. The molecule has 0 bridgehead atoms. The van der Waals surface area contributed by atoms with Crippen LogP contribution in [0.3, 0.4) is 0 Å². The summed E-state index contributed by atoms with van der Waals surface area (Å²) in [4.78, 5) is 36.1. The molecule has 0 saturated heterocycles. The lowest BCUT2D eigenvalue weighted by atomic mass is 9.40. The maximum absolute atomic E-state index is 13.1. The maximum atomic E-state index is 13.1. The van der Waals surface area contributed by atoms with Crippen LogP contribution in [-0.2, 0) is 4.79 Å². The molecule has 40 heavy (non-hydrogen) atoms. The van der Waals surface area contributed by atoms with Gasteiger partial charge in [-0.25, -0.2) is 4.79 Å². The van der Waals surface area contributed by atoms with Gasteiger partial charge in [-0.3, -0.25) is 9.59 Å². The number of rotatable bonds is 7. The highest BCUT2D eigenvalue weighted by atomic mass is 16.4. The van der Waals surface area contributed by atoms with Crippen LogP contribution in [-0.4, -0.2) is 34.1 Å². The highest BCUT2D eigenvalue weighted by Crippen LogP contribution is 2.71. The molecule has 4 aliphatic carbocycles. The van der Waals surface area contributed by atoms with Crippen LogP contribution in [0.5, 0.6) is 0 Å². The minimum atomic E-state index is -1.07. The van der Waals surface area contributed by atoms with Crippen molar-refractivity contribution in [2.24, 2.45) is 58.2 Å². The fourth-order valence-corrected chi connectivity index (χ4v) is 10.8. The Kier molecular flexibility index (Phi) is 7.86. The van der Waals surface area contributed by atoms with Gasteiger partial charge < -0.3 is 15.5 Å². The number of carboxylic acids is 2. The van der Waals surface area contributed by atoms with E-state index in [9.17, 15) is 24.6 Å². The van der Waals surface area contributed by atoms with Gasteiger partial charge in [0, 0.05) is 12.5 Å². The predicted molar refractivity (Wildman–Crippen MR) is 155 cm³/mol. The van der Waals surface area contributed by atoms with Gasteiger partial charge in [-0.1, -0.05) is 46.8 Å². The highest BCUT2D eigenvalue weighted by molar-refractivity contribution is 6.04. The second-order valence-corrected chi connectivity index (χ2v) is 14.6. The first-order valence-corrected chi connectivity index (χ1v) is 15.7. The molecule has 5 rings (SSSR count). The Morgan fingerprint density at radius 2 is 1.68 bits per heavy atom. The molecular weight excluding hydrogens is 502 g/mol. The molecular formula is C34H49NO5. The summed E-state index contributed by atoms with van der Waals surface area (Å²) in [5, 5.41) is 22.1. The number of hydrogen-bond acceptors (Lipinski definition) is 3. The molecule has 7 unspecified atom stereocenters. The molecule has 0 heterocycles. The molecule has 4 saturated carbocycles. The molecule has 6 nitrogen and oxygen atoms in total. The van der Waals surface area contributed by atoms with E-state index in [4.69, 9.17) is 0 Å². The summed E-state index contributed by atoms with van der Waals surface area (Å²) in [7, 11) is 0. The van der Waals surface area contributed by atoms with Crippen molar-refractivity contribution < 1.29 is 24.6 Å². The molecule has 4 fully saturated rings. The molecule has 1 aromatic carbocycles. The second-order valence-electron chi connectivity index (χ2n) is 14.6. The Balaban J connectivity index is 1.31. The van der Waals surface area contributed by atoms with E-state index < -0.39 is 11.9 Å². The van der Waals surface area contributed by atoms with Gasteiger partial charge in [0.2, 0.25) is 0 Å². The number of nitrogens with one attached hydrogen (secondary N) is 1. The molecule has 220 valence electrons.